The summed E-state index contributed by atoms with van der Waals surface area (Å²) in [6.45, 7) is -0.539. The highest BCUT2D eigenvalue weighted by Crippen LogP contribution is 2.22. The largest absolute Gasteiger partial charge is 0.446 e. The van der Waals surface area contributed by atoms with Gasteiger partial charge < -0.3 is 10.1 Å². The van der Waals surface area contributed by atoms with Gasteiger partial charge in [-0.15, -0.1) is 0 Å². The summed E-state index contributed by atoms with van der Waals surface area (Å²) in [7, 11) is -2.40. The first kappa shape index (κ1) is 21.0. The molecule has 10 nitrogen and oxygen atoms in total. The number of imide groups is 1. The first-order valence-electron chi connectivity index (χ1n) is 8.75. The summed E-state index contributed by atoms with van der Waals surface area (Å²) in [5.74, 6) is -1.71. The average Bonchev–Trinajstić information content (AvgIpc) is 3.01. The molecule has 0 saturated heterocycles. The molecule has 1 aliphatic rings. The maximum absolute atomic E-state index is 12.4. The molecule has 3 amide bonds. The van der Waals surface area contributed by atoms with Gasteiger partial charge in [0.2, 0.25) is 6.10 Å². The fourth-order valence-electron chi connectivity index (χ4n) is 2.70. The van der Waals surface area contributed by atoms with Gasteiger partial charge in [-0.3, -0.25) is 24.6 Å². The number of sulfonamides is 1. The van der Waals surface area contributed by atoms with E-state index in [2.05, 4.69) is 20.3 Å². The maximum atomic E-state index is 12.4. The molecule has 156 valence electrons. The van der Waals surface area contributed by atoms with Crippen LogP contribution in [0.3, 0.4) is 0 Å². The molecule has 1 atom stereocenters. The molecule has 1 aliphatic heterocycles. The molecule has 0 aromatic heterocycles. The van der Waals surface area contributed by atoms with Crippen molar-refractivity contribution in [2.24, 2.45) is 4.99 Å². The number of ether oxygens (including phenoxy) is 1. The smallest absolute Gasteiger partial charge is 0.328 e. The minimum Gasteiger partial charge on any atom is -0.446 e. The topological polar surface area (TPSA) is 143 Å². The number of hydrogen-bond donors (Lipinski definition) is 3. The van der Waals surface area contributed by atoms with E-state index >= 15 is 0 Å². The lowest BCUT2D eigenvalue weighted by atomic mass is 10.1. The zero-order chi connectivity index (χ0) is 21.7. The van der Waals surface area contributed by atoms with Crippen molar-refractivity contribution in [3.63, 3.8) is 0 Å². The number of hydrogen-bond acceptors (Lipinski definition) is 7. The monoisotopic (exact) mass is 430 g/mol. The van der Waals surface area contributed by atoms with Crippen LogP contribution in [0.25, 0.3) is 0 Å². The number of benzene rings is 2. The SMILES string of the molecule is CNC(=O)NC(=O)C(OC(=O)CN=C1NS(=O)(=O)c2ccccc21)c1ccccc1. The third kappa shape index (κ3) is 4.63. The normalized spacial score (nSPS) is 16.1. The Bertz CT molecular complexity index is 1110. The lowest BCUT2D eigenvalue weighted by molar-refractivity contribution is -0.154. The third-order valence-corrected chi connectivity index (χ3v) is 5.48. The van der Waals surface area contributed by atoms with Gasteiger partial charge >= 0.3 is 12.0 Å². The van der Waals surface area contributed by atoms with E-state index in [0.29, 0.717) is 11.1 Å². The number of nitrogens with one attached hydrogen (secondary N) is 3. The fourth-order valence-corrected chi connectivity index (χ4v) is 3.96. The summed E-state index contributed by atoms with van der Waals surface area (Å²) < 4.78 is 31.7. The first-order valence-corrected chi connectivity index (χ1v) is 10.2. The van der Waals surface area contributed by atoms with Crippen LogP contribution in [0.1, 0.15) is 17.2 Å². The fraction of sp³-hybridized carbons (Fsp3) is 0.158. The van der Waals surface area contributed by atoms with Gasteiger partial charge in [0, 0.05) is 18.2 Å². The highest BCUT2D eigenvalue weighted by Gasteiger charge is 2.31. The van der Waals surface area contributed by atoms with Crippen molar-refractivity contribution in [2.45, 2.75) is 11.0 Å². The Balaban J connectivity index is 1.76. The van der Waals surface area contributed by atoms with Crippen molar-refractivity contribution in [3.05, 3.63) is 65.7 Å². The number of aliphatic imine (C=N–C) groups is 1. The molecule has 0 saturated carbocycles. The minimum absolute atomic E-state index is 0.00798. The van der Waals surface area contributed by atoms with Crippen molar-refractivity contribution in [3.8, 4) is 0 Å². The summed E-state index contributed by atoms with van der Waals surface area (Å²) in [4.78, 5) is 40.2. The van der Waals surface area contributed by atoms with E-state index in [1.54, 1.807) is 48.5 Å². The average molecular weight is 430 g/mol. The van der Waals surface area contributed by atoms with E-state index in [1.807, 2.05) is 0 Å². The van der Waals surface area contributed by atoms with Crippen molar-refractivity contribution in [2.75, 3.05) is 13.6 Å². The summed E-state index contributed by atoms with van der Waals surface area (Å²) in [6, 6.07) is 13.6. The Labute approximate surface area is 172 Å². The van der Waals surface area contributed by atoms with E-state index in [-0.39, 0.29) is 10.7 Å². The molecule has 0 fully saturated rings. The van der Waals surface area contributed by atoms with Crippen LogP contribution in [0.15, 0.2) is 64.5 Å². The van der Waals surface area contributed by atoms with E-state index < -0.39 is 40.6 Å². The molecule has 1 heterocycles. The van der Waals surface area contributed by atoms with Crippen LogP contribution in [-0.2, 0) is 24.3 Å². The number of nitrogens with zero attached hydrogens (tertiary/aromatic N) is 1. The summed E-state index contributed by atoms with van der Waals surface area (Å²) >= 11 is 0. The van der Waals surface area contributed by atoms with Gasteiger partial charge in [0.05, 0.1) is 4.90 Å². The Morgan fingerprint density at radius 1 is 1.07 bits per heavy atom. The predicted octanol–water partition coefficient (Wildman–Crippen LogP) is 0.465. The van der Waals surface area contributed by atoms with E-state index in [4.69, 9.17) is 4.74 Å². The van der Waals surface area contributed by atoms with Gasteiger partial charge in [-0.25, -0.2) is 13.2 Å². The van der Waals surface area contributed by atoms with E-state index in [1.165, 1.54) is 13.1 Å². The number of fused-ring (bicyclic) bond motifs is 1. The van der Waals surface area contributed by atoms with E-state index in [0.717, 1.165) is 0 Å². The first-order chi connectivity index (χ1) is 14.3. The Hall–Kier alpha value is -3.73. The van der Waals surface area contributed by atoms with Gasteiger partial charge in [0.15, 0.2) is 0 Å². The van der Waals surface area contributed by atoms with Crippen LogP contribution in [-0.4, -0.2) is 45.8 Å². The highest BCUT2D eigenvalue weighted by molar-refractivity contribution is 7.90. The molecule has 30 heavy (non-hydrogen) atoms. The van der Waals surface area contributed by atoms with Gasteiger partial charge in [0.25, 0.3) is 15.9 Å². The number of rotatable bonds is 5. The van der Waals surface area contributed by atoms with Gasteiger partial charge in [-0.05, 0) is 12.1 Å². The summed E-state index contributed by atoms with van der Waals surface area (Å²) in [5.41, 5.74) is 0.689. The predicted molar refractivity (Wildman–Crippen MR) is 106 cm³/mol. The quantitative estimate of drug-likeness (QED) is 0.588. The summed E-state index contributed by atoms with van der Waals surface area (Å²) in [6.07, 6.45) is -1.39. The van der Waals surface area contributed by atoms with Crippen molar-refractivity contribution in [1.82, 2.24) is 15.4 Å². The number of carbonyl (C=O) groups is 3. The molecule has 0 bridgehead atoms. The molecule has 2 aromatic carbocycles. The van der Waals surface area contributed by atoms with Crippen LogP contribution < -0.4 is 15.4 Å². The zero-order valence-corrected chi connectivity index (χ0v) is 16.6. The molecule has 2 aromatic rings. The molecule has 0 spiro atoms. The second-order valence-corrected chi connectivity index (χ2v) is 7.77. The lowest BCUT2D eigenvalue weighted by Crippen LogP contribution is -2.41. The van der Waals surface area contributed by atoms with Crippen LogP contribution in [0.2, 0.25) is 0 Å². The van der Waals surface area contributed by atoms with Gasteiger partial charge in [-0.2, -0.15) is 0 Å². The van der Waals surface area contributed by atoms with Crippen molar-refractivity contribution < 1.29 is 27.5 Å². The molecular formula is C19H18N4O6S. The van der Waals surface area contributed by atoms with Gasteiger partial charge in [0.1, 0.15) is 12.4 Å². The Kier molecular flexibility index (Phi) is 6.11. The Morgan fingerprint density at radius 2 is 1.73 bits per heavy atom. The number of carbonyl (C=O) groups excluding carboxylic acids is 3. The number of esters is 1. The Morgan fingerprint density at radius 3 is 2.43 bits per heavy atom. The van der Waals surface area contributed by atoms with Crippen molar-refractivity contribution in [1.29, 1.82) is 0 Å². The maximum Gasteiger partial charge on any atom is 0.328 e. The van der Waals surface area contributed by atoms with Crippen LogP contribution in [0, 0.1) is 0 Å². The van der Waals surface area contributed by atoms with Crippen LogP contribution in [0.4, 0.5) is 4.79 Å². The molecule has 1 unspecified atom stereocenters. The second kappa shape index (κ2) is 8.74. The van der Waals surface area contributed by atoms with Crippen LogP contribution >= 0.6 is 0 Å². The number of urea groups is 1. The zero-order valence-electron chi connectivity index (χ0n) is 15.8. The van der Waals surface area contributed by atoms with Crippen molar-refractivity contribution >= 4 is 33.8 Å². The molecule has 3 rings (SSSR count). The number of amides is 3. The summed E-state index contributed by atoms with van der Waals surface area (Å²) in [5, 5.41) is 4.30. The minimum atomic E-state index is -3.74. The van der Waals surface area contributed by atoms with Gasteiger partial charge in [-0.1, -0.05) is 42.5 Å². The standard InChI is InChI=1S/C19H18N4O6S/c1-20-19(26)22-18(25)16(12-7-3-2-4-8-12)29-15(24)11-21-17-13-9-5-6-10-14(13)30(27,28)23-17/h2-10,16H,11H2,1H3,(H,21,23)(H2,20,22,25,26). The second-order valence-electron chi connectivity index (χ2n) is 6.12. The third-order valence-electron chi connectivity index (χ3n) is 4.08. The number of amidine groups is 1. The molecule has 3 N–H and O–H groups in total. The molecule has 11 heteroatoms. The van der Waals surface area contributed by atoms with E-state index in [9.17, 15) is 22.8 Å². The highest BCUT2D eigenvalue weighted by atomic mass is 32.2. The molecule has 0 radical (unpaired) electrons. The molecule has 0 aliphatic carbocycles. The lowest BCUT2D eigenvalue weighted by Gasteiger charge is -2.17. The molecular weight excluding hydrogens is 412 g/mol. The van der Waals surface area contributed by atoms with Crippen LogP contribution in [0.5, 0.6) is 0 Å².